The topological polar surface area (TPSA) is 98.7 Å². The number of carbonyl (C=O) groups excluding carboxylic acids is 1. The summed E-state index contributed by atoms with van der Waals surface area (Å²) < 4.78 is 7.28. The summed E-state index contributed by atoms with van der Waals surface area (Å²) in [5.41, 5.74) is 2.54. The highest BCUT2D eigenvalue weighted by Gasteiger charge is 2.27. The van der Waals surface area contributed by atoms with E-state index in [4.69, 9.17) is 4.52 Å². The fraction of sp³-hybridized carbons (Fsp3) is 0.476. The van der Waals surface area contributed by atoms with E-state index in [0.717, 1.165) is 24.1 Å². The van der Waals surface area contributed by atoms with Gasteiger partial charge in [-0.3, -0.25) is 14.5 Å². The van der Waals surface area contributed by atoms with Crippen LogP contribution in [0.5, 0.6) is 0 Å². The Morgan fingerprint density at radius 3 is 2.83 bits per heavy atom. The van der Waals surface area contributed by atoms with Crippen LogP contribution in [0.1, 0.15) is 85.5 Å². The van der Waals surface area contributed by atoms with Crippen molar-refractivity contribution in [2.75, 3.05) is 0 Å². The highest BCUT2D eigenvalue weighted by molar-refractivity contribution is 5.92. The minimum Gasteiger partial charge on any atom is -0.339 e. The SMILES string of the molecule is C[C@H](NC(=O)c1ccnn1C1CCCC1)c1nc(-c2ccnc(C3CC3)c2)no1. The van der Waals surface area contributed by atoms with Gasteiger partial charge >= 0.3 is 0 Å². The molecule has 3 aromatic heterocycles. The summed E-state index contributed by atoms with van der Waals surface area (Å²) in [4.78, 5) is 21.7. The average Bonchev–Trinajstić information content (AvgIpc) is 3.17. The van der Waals surface area contributed by atoms with Crippen molar-refractivity contribution < 1.29 is 9.32 Å². The second-order valence-corrected chi connectivity index (χ2v) is 7.99. The molecular formula is C21H24N6O2. The van der Waals surface area contributed by atoms with E-state index in [1.807, 2.05) is 23.7 Å². The first kappa shape index (κ1) is 18.0. The van der Waals surface area contributed by atoms with Gasteiger partial charge in [-0.2, -0.15) is 10.1 Å². The van der Waals surface area contributed by atoms with Crippen LogP contribution in [0.2, 0.25) is 0 Å². The molecule has 1 N–H and O–H groups in total. The molecule has 150 valence electrons. The van der Waals surface area contributed by atoms with Gasteiger partial charge in [0.1, 0.15) is 11.7 Å². The van der Waals surface area contributed by atoms with Crippen LogP contribution in [0.15, 0.2) is 35.1 Å². The van der Waals surface area contributed by atoms with Gasteiger partial charge in [0.05, 0.1) is 6.04 Å². The van der Waals surface area contributed by atoms with E-state index in [9.17, 15) is 4.79 Å². The van der Waals surface area contributed by atoms with Gasteiger partial charge < -0.3 is 9.84 Å². The summed E-state index contributed by atoms with van der Waals surface area (Å²) in [7, 11) is 0. The summed E-state index contributed by atoms with van der Waals surface area (Å²) in [6.45, 7) is 1.84. The molecule has 0 aromatic carbocycles. The van der Waals surface area contributed by atoms with Gasteiger partial charge in [-0.1, -0.05) is 18.0 Å². The van der Waals surface area contributed by atoms with Crippen LogP contribution >= 0.6 is 0 Å². The van der Waals surface area contributed by atoms with Crippen molar-refractivity contribution in [2.45, 2.75) is 63.5 Å². The fourth-order valence-electron chi connectivity index (χ4n) is 3.98. The van der Waals surface area contributed by atoms with Crippen LogP contribution in [0.3, 0.4) is 0 Å². The number of carbonyl (C=O) groups is 1. The maximum absolute atomic E-state index is 12.8. The van der Waals surface area contributed by atoms with Gasteiger partial charge in [-0.05, 0) is 50.8 Å². The molecule has 2 aliphatic carbocycles. The second kappa shape index (κ2) is 7.42. The molecule has 8 heteroatoms. The van der Waals surface area contributed by atoms with E-state index in [0.29, 0.717) is 29.4 Å². The number of rotatable bonds is 6. The van der Waals surface area contributed by atoms with Crippen LogP contribution < -0.4 is 5.32 Å². The minimum atomic E-state index is -0.402. The van der Waals surface area contributed by atoms with Crippen molar-refractivity contribution in [1.82, 2.24) is 30.2 Å². The van der Waals surface area contributed by atoms with Gasteiger partial charge in [0.2, 0.25) is 11.7 Å². The van der Waals surface area contributed by atoms with E-state index < -0.39 is 6.04 Å². The van der Waals surface area contributed by atoms with E-state index in [-0.39, 0.29) is 5.91 Å². The maximum Gasteiger partial charge on any atom is 0.270 e. The molecule has 2 fully saturated rings. The van der Waals surface area contributed by atoms with Crippen LogP contribution in [0.4, 0.5) is 0 Å². The summed E-state index contributed by atoms with van der Waals surface area (Å²) >= 11 is 0. The Balaban J connectivity index is 1.29. The highest BCUT2D eigenvalue weighted by Crippen LogP contribution is 2.39. The number of pyridine rings is 1. The Morgan fingerprint density at radius 1 is 1.21 bits per heavy atom. The Kier molecular flexibility index (Phi) is 4.61. The lowest BCUT2D eigenvalue weighted by atomic mass is 10.2. The van der Waals surface area contributed by atoms with E-state index in [1.165, 1.54) is 25.7 Å². The Morgan fingerprint density at radius 2 is 2.03 bits per heavy atom. The molecule has 3 aromatic rings. The highest BCUT2D eigenvalue weighted by atomic mass is 16.5. The van der Waals surface area contributed by atoms with Crippen molar-refractivity contribution in [2.24, 2.45) is 0 Å². The van der Waals surface area contributed by atoms with Crippen molar-refractivity contribution >= 4 is 5.91 Å². The number of nitrogens with one attached hydrogen (secondary N) is 1. The normalized spacial score (nSPS) is 18.1. The molecule has 0 radical (unpaired) electrons. The number of aromatic nitrogens is 5. The summed E-state index contributed by atoms with van der Waals surface area (Å²) in [6.07, 6.45) is 10.4. The minimum absolute atomic E-state index is 0.179. The van der Waals surface area contributed by atoms with Gasteiger partial charge in [-0.15, -0.1) is 0 Å². The molecular weight excluding hydrogens is 368 g/mol. The molecule has 8 nitrogen and oxygen atoms in total. The predicted molar refractivity (Wildman–Crippen MR) is 105 cm³/mol. The predicted octanol–water partition coefficient (Wildman–Crippen LogP) is 3.81. The van der Waals surface area contributed by atoms with E-state index in [2.05, 4.69) is 25.5 Å². The Hall–Kier alpha value is -3.03. The lowest BCUT2D eigenvalue weighted by molar-refractivity contribution is 0.0919. The maximum atomic E-state index is 12.8. The molecule has 0 spiro atoms. The largest absolute Gasteiger partial charge is 0.339 e. The zero-order chi connectivity index (χ0) is 19.8. The summed E-state index contributed by atoms with van der Waals surface area (Å²) in [5, 5.41) is 11.4. The fourth-order valence-corrected chi connectivity index (χ4v) is 3.98. The number of hydrogen-bond donors (Lipinski definition) is 1. The first-order chi connectivity index (χ1) is 14.2. The number of hydrogen-bond acceptors (Lipinski definition) is 6. The van der Waals surface area contributed by atoms with Crippen molar-refractivity contribution in [3.05, 3.63) is 47.9 Å². The molecule has 1 amide bonds. The molecule has 0 saturated heterocycles. The van der Waals surface area contributed by atoms with Crippen LogP contribution in [0.25, 0.3) is 11.4 Å². The zero-order valence-corrected chi connectivity index (χ0v) is 16.4. The molecule has 0 aliphatic heterocycles. The standard InChI is InChI=1S/C21H24N6O2/c1-13(24-20(28)18-9-11-23-27(18)16-4-2-3-5-16)21-25-19(26-29-21)15-8-10-22-17(12-15)14-6-7-14/h8-14,16H,2-7H2,1H3,(H,24,28)/t13-/m0/s1. The van der Waals surface area contributed by atoms with Crippen molar-refractivity contribution in [3.63, 3.8) is 0 Å². The first-order valence-electron chi connectivity index (χ1n) is 10.3. The number of amides is 1. The molecule has 3 heterocycles. The van der Waals surface area contributed by atoms with Gasteiger partial charge in [0.25, 0.3) is 5.91 Å². The van der Waals surface area contributed by atoms with E-state index in [1.54, 1.807) is 18.5 Å². The smallest absolute Gasteiger partial charge is 0.270 e. The molecule has 29 heavy (non-hydrogen) atoms. The van der Waals surface area contributed by atoms with Crippen LogP contribution in [-0.2, 0) is 0 Å². The quantitative estimate of drug-likeness (QED) is 0.685. The van der Waals surface area contributed by atoms with Gasteiger partial charge in [0, 0.05) is 29.6 Å². The summed E-state index contributed by atoms with van der Waals surface area (Å²) in [6, 6.07) is 5.57. The van der Waals surface area contributed by atoms with Crippen molar-refractivity contribution in [3.8, 4) is 11.4 Å². The Labute approximate surface area is 168 Å². The zero-order valence-electron chi connectivity index (χ0n) is 16.4. The lowest BCUT2D eigenvalue weighted by Gasteiger charge is -2.15. The Bertz CT molecular complexity index is 1020. The summed E-state index contributed by atoms with van der Waals surface area (Å²) in [5.74, 6) is 1.28. The average molecular weight is 392 g/mol. The van der Waals surface area contributed by atoms with Crippen LogP contribution in [0, 0.1) is 0 Å². The molecule has 0 unspecified atom stereocenters. The monoisotopic (exact) mass is 392 g/mol. The number of nitrogens with zero attached hydrogens (tertiary/aromatic N) is 5. The third-order valence-electron chi connectivity index (χ3n) is 5.77. The van der Waals surface area contributed by atoms with Crippen molar-refractivity contribution in [1.29, 1.82) is 0 Å². The third kappa shape index (κ3) is 3.66. The second-order valence-electron chi connectivity index (χ2n) is 7.99. The molecule has 1 atom stereocenters. The van der Waals surface area contributed by atoms with E-state index >= 15 is 0 Å². The molecule has 0 bridgehead atoms. The molecule has 5 rings (SSSR count). The van der Waals surface area contributed by atoms with Crippen LogP contribution in [-0.4, -0.2) is 30.8 Å². The lowest BCUT2D eigenvalue weighted by Crippen LogP contribution is -2.29. The first-order valence-corrected chi connectivity index (χ1v) is 10.3. The molecule has 2 saturated carbocycles. The van der Waals surface area contributed by atoms with Gasteiger partial charge in [0.15, 0.2) is 0 Å². The molecule has 2 aliphatic rings. The third-order valence-corrected chi connectivity index (χ3v) is 5.77. The van der Waals surface area contributed by atoms with Gasteiger partial charge in [-0.25, -0.2) is 0 Å².